The second kappa shape index (κ2) is 7.06. The normalized spacial score (nSPS) is 10.0. The lowest BCUT2D eigenvalue weighted by Crippen LogP contribution is -2.24. The number of nitrogen functional groups attached to an aromatic ring is 1. The highest BCUT2D eigenvalue weighted by Gasteiger charge is 2.05. The molecular weight excluding hydrogens is 236 g/mol. The van der Waals surface area contributed by atoms with Gasteiger partial charge in [0.05, 0.1) is 12.9 Å². The van der Waals surface area contributed by atoms with E-state index in [9.17, 15) is 4.79 Å². The molecule has 0 bridgehead atoms. The minimum atomic E-state index is 0.0559. The van der Waals surface area contributed by atoms with Gasteiger partial charge in [0, 0.05) is 23.5 Å². The first-order chi connectivity index (χ1) is 8.17. The second-order valence-electron chi connectivity index (χ2n) is 3.52. The highest BCUT2D eigenvalue weighted by Crippen LogP contribution is 2.25. The van der Waals surface area contributed by atoms with E-state index in [0.29, 0.717) is 23.7 Å². The summed E-state index contributed by atoms with van der Waals surface area (Å²) in [5, 5.41) is 2.76. The van der Waals surface area contributed by atoms with Crippen molar-refractivity contribution in [3.8, 4) is 5.75 Å². The maximum absolute atomic E-state index is 11.3. The molecule has 1 rings (SSSR count). The van der Waals surface area contributed by atoms with Crippen molar-refractivity contribution in [2.24, 2.45) is 0 Å². The van der Waals surface area contributed by atoms with Crippen LogP contribution in [0, 0.1) is 0 Å². The van der Waals surface area contributed by atoms with E-state index in [-0.39, 0.29) is 5.91 Å². The third kappa shape index (κ3) is 4.56. The first-order valence-corrected chi connectivity index (χ1v) is 6.59. The van der Waals surface area contributed by atoms with Gasteiger partial charge < -0.3 is 15.8 Å². The minimum Gasteiger partial charge on any atom is -0.496 e. The first kappa shape index (κ1) is 13.7. The quantitative estimate of drug-likeness (QED) is 0.758. The Bertz CT molecular complexity index is 383. The van der Waals surface area contributed by atoms with Crippen LogP contribution in [-0.4, -0.2) is 25.3 Å². The molecule has 5 heteroatoms. The average Bonchev–Trinajstić information content (AvgIpc) is 2.30. The van der Waals surface area contributed by atoms with E-state index >= 15 is 0 Å². The van der Waals surface area contributed by atoms with E-state index in [1.54, 1.807) is 24.9 Å². The molecule has 17 heavy (non-hydrogen) atoms. The predicted molar refractivity (Wildman–Crippen MR) is 72.3 cm³/mol. The van der Waals surface area contributed by atoms with Gasteiger partial charge in [-0.3, -0.25) is 4.79 Å². The van der Waals surface area contributed by atoms with Gasteiger partial charge in [-0.15, -0.1) is 11.8 Å². The van der Waals surface area contributed by atoms with E-state index in [2.05, 4.69) is 5.32 Å². The van der Waals surface area contributed by atoms with Gasteiger partial charge >= 0.3 is 0 Å². The lowest BCUT2D eigenvalue weighted by molar-refractivity contribution is -0.118. The fraction of sp³-hybridized carbons (Fsp3) is 0.417. The molecule has 0 aliphatic rings. The van der Waals surface area contributed by atoms with Gasteiger partial charge in [0.1, 0.15) is 5.75 Å². The van der Waals surface area contributed by atoms with Crippen molar-refractivity contribution in [2.75, 3.05) is 25.1 Å². The molecule has 0 saturated carbocycles. The Labute approximate surface area is 106 Å². The van der Waals surface area contributed by atoms with Gasteiger partial charge in [-0.1, -0.05) is 0 Å². The zero-order valence-corrected chi connectivity index (χ0v) is 11.0. The summed E-state index contributed by atoms with van der Waals surface area (Å²) in [7, 11) is 1.63. The van der Waals surface area contributed by atoms with Gasteiger partial charge in [-0.05, 0) is 25.1 Å². The number of carbonyl (C=O) groups is 1. The SMILES string of the molecule is CCNC(=O)CSCc1cc(N)ccc1OC. The summed E-state index contributed by atoms with van der Waals surface area (Å²) in [5.41, 5.74) is 7.44. The fourth-order valence-corrected chi connectivity index (χ4v) is 2.25. The predicted octanol–water partition coefficient (Wildman–Crippen LogP) is 1.65. The van der Waals surface area contributed by atoms with E-state index in [4.69, 9.17) is 10.5 Å². The molecule has 94 valence electrons. The molecule has 0 aliphatic carbocycles. The van der Waals surface area contributed by atoms with Crippen LogP contribution in [0.2, 0.25) is 0 Å². The molecule has 0 aliphatic heterocycles. The van der Waals surface area contributed by atoms with Crippen molar-refractivity contribution in [1.29, 1.82) is 0 Å². The average molecular weight is 254 g/mol. The lowest BCUT2D eigenvalue weighted by Gasteiger charge is -2.09. The number of anilines is 1. The number of hydrogen-bond donors (Lipinski definition) is 2. The van der Waals surface area contributed by atoms with Gasteiger partial charge in [0.2, 0.25) is 5.91 Å². The van der Waals surface area contributed by atoms with Crippen LogP contribution in [-0.2, 0) is 10.5 Å². The van der Waals surface area contributed by atoms with Crippen molar-refractivity contribution in [3.05, 3.63) is 23.8 Å². The highest BCUT2D eigenvalue weighted by molar-refractivity contribution is 7.99. The molecule has 4 nitrogen and oxygen atoms in total. The van der Waals surface area contributed by atoms with Crippen LogP contribution in [0.3, 0.4) is 0 Å². The number of methoxy groups -OCH3 is 1. The van der Waals surface area contributed by atoms with E-state index < -0.39 is 0 Å². The molecule has 3 N–H and O–H groups in total. The van der Waals surface area contributed by atoms with Gasteiger partial charge in [-0.25, -0.2) is 0 Å². The zero-order valence-electron chi connectivity index (χ0n) is 10.2. The maximum Gasteiger partial charge on any atom is 0.229 e. The number of nitrogens with one attached hydrogen (secondary N) is 1. The third-order valence-corrected chi connectivity index (χ3v) is 3.15. The minimum absolute atomic E-state index is 0.0559. The summed E-state index contributed by atoms with van der Waals surface area (Å²) in [6.07, 6.45) is 0. The molecule has 0 unspecified atom stereocenters. The molecule has 0 aromatic heterocycles. The topological polar surface area (TPSA) is 64.4 Å². The van der Waals surface area contributed by atoms with Gasteiger partial charge in [-0.2, -0.15) is 0 Å². The van der Waals surface area contributed by atoms with E-state index in [0.717, 1.165) is 11.3 Å². The van der Waals surface area contributed by atoms with Gasteiger partial charge in [0.15, 0.2) is 0 Å². The molecule has 0 spiro atoms. The van der Waals surface area contributed by atoms with E-state index in [1.165, 1.54) is 0 Å². The standard InChI is InChI=1S/C12H18N2O2S/c1-3-14-12(15)8-17-7-9-6-10(13)4-5-11(9)16-2/h4-6H,3,7-8,13H2,1-2H3,(H,14,15). The van der Waals surface area contributed by atoms with Crippen molar-refractivity contribution < 1.29 is 9.53 Å². The summed E-state index contributed by atoms with van der Waals surface area (Å²) in [6.45, 7) is 2.57. The van der Waals surface area contributed by atoms with Crippen molar-refractivity contribution in [1.82, 2.24) is 5.32 Å². The number of thioether (sulfide) groups is 1. The molecule has 0 saturated heterocycles. The fourth-order valence-electron chi connectivity index (χ4n) is 1.41. The molecular formula is C12H18N2O2S. The van der Waals surface area contributed by atoms with Crippen molar-refractivity contribution >= 4 is 23.4 Å². The van der Waals surface area contributed by atoms with Crippen molar-refractivity contribution in [3.63, 3.8) is 0 Å². The zero-order chi connectivity index (χ0) is 12.7. The Morgan fingerprint density at radius 1 is 1.53 bits per heavy atom. The largest absolute Gasteiger partial charge is 0.496 e. The molecule has 1 aromatic rings. The Balaban J connectivity index is 2.50. The number of ether oxygens (including phenoxy) is 1. The van der Waals surface area contributed by atoms with Crippen molar-refractivity contribution in [2.45, 2.75) is 12.7 Å². The van der Waals surface area contributed by atoms with Crippen LogP contribution >= 0.6 is 11.8 Å². The Hall–Kier alpha value is -1.36. The molecule has 1 amide bonds. The van der Waals surface area contributed by atoms with Crippen LogP contribution in [0.15, 0.2) is 18.2 Å². The molecule has 0 fully saturated rings. The Morgan fingerprint density at radius 3 is 2.94 bits per heavy atom. The molecule has 1 aromatic carbocycles. The number of rotatable bonds is 6. The second-order valence-corrected chi connectivity index (χ2v) is 4.50. The highest BCUT2D eigenvalue weighted by atomic mass is 32.2. The van der Waals surface area contributed by atoms with Crippen LogP contribution in [0.25, 0.3) is 0 Å². The summed E-state index contributed by atoms with van der Waals surface area (Å²) < 4.78 is 5.24. The van der Waals surface area contributed by atoms with Crippen LogP contribution in [0.4, 0.5) is 5.69 Å². The van der Waals surface area contributed by atoms with Crippen LogP contribution < -0.4 is 15.8 Å². The number of nitrogens with two attached hydrogens (primary N) is 1. The Kier molecular flexibility index (Phi) is 5.69. The number of carbonyl (C=O) groups excluding carboxylic acids is 1. The number of benzene rings is 1. The lowest BCUT2D eigenvalue weighted by atomic mass is 10.2. The summed E-state index contributed by atoms with van der Waals surface area (Å²) in [6, 6.07) is 5.53. The maximum atomic E-state index is 11.3. The van der Waals surface area contributed by atoms with Gasteiger partial charge in [0.25, 0.3) is 0 Å². The third-order valence-electron chi connectivity index (χ3n) is 2.17. The number of hydrogen-bond acceptors (Lipinski definition) is 4. The first-order valence-electron chi connectivity index (χ1n) is 5.44. The summed E-state index contributed by atoms with van der Waals surface area (Å²) in [5.74, 6) is 2.03. The summed E-state index contributed by atoms with van der Waals surface area (Å²) >= 11 is 1.55. The smallest absolute Gasteiger partial charge is 0.229 e. The summed E-state index contributed by atoms with van der Waals surface area (Å²) in [4.78, 5) is 11.3. The van der Waals surface area contributed by atoms with Crippen LogP contribution in [0.1, 0.15) is 12.5 Å². The molecule has 0 radical (unpaired) electrons. The monoisotopic (exact) mass is 254 g/mol. The van der Waals surface area contributed by atoms with Crippen LogP contribution in [0.5, 0.6) is 5.75 Å². The molecule has 0 heterocycles. The molecule has 0 atom stereocenters. The number of amides is 1. The Morgan fingerprint density at radius 2 is 2.29 bits per heavy atom. The van der Waals surface area contributed by atoms with E-state index in [1.807, 2.05) is 19.1 Å².